The molecule has 2 atom stereocenters. The third-order valence-corrected chi connectivity index (χ3v) is 5.32. The fourth-order valence-corrected chi connectivity index (χ4v) is 3.84. The number of hydrogen-bond donors (Lipinski definition) is 0. The minimum Gasteiger partial charge on any atom is -0.497 e. The van der Waals surface area contributed by atoms with E-state index < -0.39 is 0 Å². The number of carbonyl (C=O) groups is 2. The number of amides is 3. The number of nitrogens with zero attached hydrogens (tertiary/aromatic N) is 3. The van der Waals surface area contributed by atoms with Gasteiger partial charge in [0, 0.05) is 19.4 Å². The highest BCUT2D eigenvalue weighted by atomic mass is 16.5. The molecule has 0 N–H and O–H groups in total. The summed E-state index contributed by atoms with van der Waals surface area (Å²) in [7, 11) is 4.92. The lowest BCUT2D eigenvalue weighted by atomic mass is 9.83. The molecule has 0 aliphatic carbocycles. The van der Waals surface area contributed by atoms with Gasteiger partial charge in [-0.3, -0.25) is 9.69 Å². The Kier molecular flexibility index (Phi) is 4.50. The van der Waals surface area contributed by atoms with Gasteiger partial charge in [0.05, 0.1) is 25.9 Å². The number of likely N-dealkylation sites (N-methyl/N-ethyl adjacent to an activating group) is 1. The monoisotopic (exact) mass is 379 g/mol. The Hall–Kier alpha value is -3.35. The summed E-state index contributed by atoms with van der Waals surface area (Å²) in [5.74, 6) is 1.65. The number of piperidine rings is 1. The van der Waals surface area contributed by atoms with E-state index in [0.717, 1.165) is 11.3 Å². The number of hydrogen-bond acceptors (Lipinski definition) is 4. The Morgan fingerprint density at radius 3 is 2.07 bits per heavy atom. The van der Waals surface area contributed by atoms with Crippen LogP contribution in [0.1, 0.15) is 17.9 Å². The summed E-state index contributed by atoms with van der Waals surface area (Å²) >= 11 is 0. The maximum atomic E-state index is 13.1. The summed E-state index contributed by atoms with van der Waals surface area (Å²) in [6, 6.07) is 14.1. The number of amidine groups is 1. The maximum Gasteiger partial charge on any atom is 0.345 e. The largest absolute Gasteiger partial charge is 0.497 e. The third kappa shape index (κ3) is 2.89. The highest BCUT2D eigenvalue weighted by Gasteiger charge is 2.48. The molecule has 144 valence electrons. The molecular weight excluding hydrogens is 358 g/mol. The van der Waals surface area contributed by atoms with E-state index in [1.165, 1.54) is 0 Å². The van der Waals surface area contributed by atoms with Gasteiger partial charge in [0.2, 0.25) is 5.91 Å². The SMILES string of the molecule is COc1ccc(C2CC(=O)N(c3ccc(OC)cc3)C3=NC(=O)N(C)C32)cc1. The second-order valence-electron chi connectivity index (χ2n) is 6.82. The molecule has 0 bridgehead atoms. The van der Waals surface area contributed by atoms with E-state index in [2.05, 4.69) is 4.99 Å². The quantitative estimate of drug-likeness (QED) is 0.819. The molecule has 4 rings (SSSR count). The predicted molar refractivity (Wildman–Crippen MR) is 105 cm³/mol. The van der Waals surface area contributed by atoms with Gasteiger partial charge in [0.25, 0.3) is 0 Å². The van der Waals surface area contributed by atoms with Crippen LogP contribution in [0.4, 0.5) is 10.5 Å². The molecular formula is C21H21N3O4. The van der Waals surface area contributed by atoms with Gasteiger partial charge >= 0.3 is 6.03 Å². The van der Waals surface area contributed by atoms with Gasteiger partial charge in [-0.25, -0.2) is 4.79 Å². The van der Waals surface area contributed by atoms with Gasteiger partial charge in [-0.15, -0.1) is 0 Å². The van der Waals surface area contributed by atoms with Crippen molar-refractivity contribution >= 4 is 23.5 Å². The fourth-order valence-electron chi connectivity index (χ4n) is 3.84. The van der Waals surface area contributed by atoms with Gasteiger partial charge in [0.1, 0.15) is 17.3 Å². The lowest BCUT2D eigenvalue weighted by molar-refractivity contribution is -0.118. The van der Waals surface area contributed by atoms with Crippen LogP contribution in [-0.2, 0) is 4.79 Å². The smallest absolute Gasteiger partial charge is 0.345 e. The number of fused-ring (bicyclic) bond motifs is 1. The maximum absolute atomic E-state index is 13.1. The fraction of sp³-hybridized carbons (Fsp3) is 0.286. The van der Waals surface area contributed by atoms with Gasteiger partial charge < -0.3 is 14.4 Å². The van der Waals surface area contributed by atoms with Crippen LogP contribution < -0.4 is 14.4 Å². The van der Waals surface area contributed by atoms with Crippen molar-refractivity contribution in [3.8, 4) is 11.5 Å². The Labute approximate surface area is 163 Å². The van der Waals surface area contributed by atoms with E-state index >= 15 is 0 Å². The number of benzene rings is 2. The first kappa shape index (κ1) is 18.0. The van der Waals surface area contributed by atoms with Crippen molar-refractivity contribution in [2.75, 3.05) is 26.2 Å². The van der Waals surface area contributed by atoms with E-state index in [-0.39, 0.29) is 30.3 Å². The van der Waals surface area contributed by atoms with E-state index in [9.17, 15) is 9.59 Å². The Morgan fingerprint density at radius 2 is 1.50 bits per heavy atom. The molecule has 0 saturated carbocycles. The summed E-state index contributed by atoms with van der Waals surface area (Å²) in [5.41, 5.74) is 1.65. The topological polar surface area (TPSA) is 71.4 Å². The zero-order chi connectivity index (χ0) is 19.8. The second-order valence-corrected chi connectivity index (χ2v) is 6.82. The van der Waals surface area contributed by atoms with Crippen LogP contribution in [0.25, 0.3) is 0 Å². The molecule has 7 nitrogen and oxygen atoms in total. The average molecular weight is 379 g/mol. The van der Waals surface area contributed by atoms with Crippen LogP contribution in [0.15, 0.2) is 53.5 Å². The van der Waals surface area contributed by atoms with Crippen molar-refractivity contribution < 1.29 is 19.1 Å². The van der Waals surface area contributed by atoms with Gasteiger partial charge in [-0.2, -0.15) is 4.99 Å². The molecule has 2 aromatic carbocycles. The van der Waals surface area contributed by atoms with Crippen LogP contribution in [0.2, 0.25) is 0 Å². The van der Waals surface area contributed by atoms with E-state index in [4.69, 9.17) is 9.47 Å². The number of methoxy groups -OCH3 is 2. The lowest BCUT2D eigenvalue weighted by Crippen LogP contribution is -2.54. The predicted octanol–water partition coefficient (Wildman–Crippen LogP) is 3.06. The van der Waals surface area contributed by atoms with Crippen LogP contribution in [-0.4, -0.2) is 50.0 Å². The molecule has 1 fully saturated rings. The van der Waals surface area contributed by atoms with Crippen molar-refractivity contribution in [1.82, 2.24) is 4.90 Å². The van der Waals surface area contributed by atoms with Crippen molar-refractivity contribution in [1.29, 1.82) is 0 Å². The number of ether oxygens (including phenoxy) is 2. The molecule has 3 amide bonds. The van der Waals surface area contributed by atoms with Gasteiger partial charge in [-0.05, 0) is 42.0 Å². The molecule has 28 heavy (non-hydrogen) atoms. The normalized spacial score (nSPS) is 21.5. The van der Waals surface area contributed by atoms with Crippen LogP contribution >= 0.6 is 0 Å². The van der Waals surface area contributed by atoms with Crippen LogP contribution in [0, 0.1) is 0 Å². The molecule has 2 aliphatic rings. The first-order valence-electron chi connectivity index (χ1n) is 9.00. The molecule has 2 aliphatic heterocycles. The van der Waals surface area contributed by atoms with Crippen molar-refractivity contribution in [3.05, 3.63) is 54.1 Å². The minimum absolute atomic E-state index is 0.0934. The molecule has 0 spiro atoms. The number of rotatable bonds is 4. The second kappa shape index (κ2) is 6.99. The Morgan fingerprint density at radius 1 is 0.929 bits per heavy atom. The lowest BCUT2D eigenvalue weighted by Gasteiger charge is -2.39. The van der Waals surface area contributed by atoms with E-state index in [0.29, 0.717) is 17.3 Å². The van der Waals surface area contributed by atoms with Gasteiger partial charge in [0.15, 0.2) is 0 Å². The van der Waals surface area contributed by atoms with E-state index in [1.807, 2.05) is 24.3 Å². The summed E-state index contributed by atoms with van der Waals surface area (Å²) < 4.78 is 10.4. The first-order chi connectivity index (χ1) is 13.5. The number of carbonyl (C=O) groups excluding carboxylic acids is 2. The minimum atomic E-state index is -0.341. The van der Waals surface area contributed by atoms with Crippen molar-refractivity contribution in [3.63, 3.8) is 0 Å². The summed E-state index contributed by atoms with van der Waals surface area (Å²) in [6.07, 6.45) is 0.277. The van der Waals surface area contributed by atoms with Crippen molar-refractivity contribution in [2.45, 2.75) is 18.4 Å². The Bertz CT molecular complexity index is 937. The van der Waals surface area contributed by atoms with Gasteiger partial charge in [-0.1, -0.05) is 12.1 Å². The number of urea groups is 1. The molecule has 0 aromatic heterocycles. The highest BCUT2D eigenvalue weighted by molar-refractivity contribution is 6.25. The van der Waals surface area contributed by atoms with Crippen molar-refractivity contribution in [2.24, 2.45) is 4.99 Å². The molecule has 2 unspecified atom stereocenters. The average Bonchev–Trinajstić information content (AvgIpc) is 3.02. The molecule has 1 saturated heterocycles. The molecule has 2 aromatic rings. The summed E-state index contributed by atoms with van der Waals surface area (Å²) in [6.45, 7) is 0. The standard InChI is InChI=1S/C21H21N3O4/c1-23-19-17(13-4-8-15(27-2)9-5-13)12-18(25)24(20(19)22-21(23)26)14-6-10-16(28-3)11-7-14/h4-11,17,19H,12H2,1-3H3. The first-order valence-corrected chi connectivity index (χ1v) is 9.00. The Balaban J connectivity index is 1.73. The van der Waals surface area contributed by atoms with Crippen LogP contribution in [0.3, 0.4) is 0 Å². The van der Waals surface area contributed by atoms with Crippen LogP contribution in [0.5, 0.6) is 11.5 Å². The third-order valence-electron chi connectivity index (χ3n) is 5.32. The zero-order valence-corrected chi connectivity index (χ0v) is 16.0. The molecule has 2 heterocycles. The van der Waals surface area contributed by atoms with E-state index in [1.54, 1.807) is 55.3 Å². The highest BCUT2D eigenvalue weighted by Crippen LogP contribution is 2.38. The number of aliphatic imine (C=N–C) groups is 1. The molecule has 0 radical (unpaired) electrons. The zero-order valence-electron chi connectivity index (χ0n) is 16.0. The number of anilines is 1. The molecule has 7 heteroatoms. The summed E-state index contributed by atoms with van der Waals surface area (Å²) in [5, 5.41) is 0. The summed E-state index contributed by atoms with van der Waals surface area (Å²) in [4.78, 5) is 32.8.